The predicted molar refractivity (Wildman–Crippen MR) is 134 cm³/mol. The van der Waals surface area contributed by atoms with Crippen LogP contribution in [0, 0.1) is 11.7 Å². The Morgan fingerprint density at radius 1 is 1.00 bits per heavy atom. The number of halogens is 7. The number of β-amino-alcohol motifs (C(OH)–C–C–N with tert-alkyl or cyclic N) is 1. The molecule has 0 bridgehead atoms. The first-order valence-electron chi connectivity index (χ1n) is 13.6. The zero-order valence-electron chi connectivity index (χ0n) is 22.3. The number of ether oxygens (including phenoxy) is 1. The van der Waals surface area contributed by atoms with Crippen LogP contribution in [0.2, 0.25) is 0 Å². The van der Waals surface area contributed by atoms with Crippen molar-refractivity contribution in [1.82, 2.24) is 9.80 Å². The first kappa shape index (κ1) is 29.8. The maximum atomic E-state index is 13.8. The highest BCUT2D eigenvalue weighted by atomic mass is 19.4. The highest BCUT2D eigenvalue weighted by Crippen LogP contribution is 2.45. The molecule has 3 heterocycles. The number of benzene rings is 2. The number of aliphatic hydroxyl groups excluding tert-OH is 1. The third-order valence-electron chi connectivity index (χ3n) is 8.43. The molecule has 12 heteroatoms. The molecule has 224 valence electrons. The van der Waals surface area contributed by atoms with E-state index in [0.717, 1.165) is 6.54 Å². The van der Waals surface area contributed by atoms with Crippen molar-refractivity contribution in [2.45, 2.75) is 68.8 Å². The van der Waals surface area contributed by atoms with Crippen LogP contribution in [0.3, 0.4) is 0 Å². The summed E-state index contributed by atoms with van der Waals surface area (Å²) in [6.07, 6.45) is -10.8. The summed E-state index contributed by atoms with van der Waals surface area (Å²) in [5, 5.41) is 9.89. The Kier molecular flexibility index (Phi) is 8.12. The van der Waals surface area contributed by atoms with E-state index >= 15 is 0 Å². The molecule has 3 aliphatic heterocycles. The SMILES string of the molecule is C[C@@H](O[C@H]1CN2C(=O)CC(CN3CC[C@@H](O)C3)C[C@H]2[C@@H]1c1ccc(F)cc1)c1cc(C(F)(F)F)cc(C(F)(F)F)c1. The summed E-state index contributed by atoms with van der Waals surface area (Å²) in [4.78, 5) is 17.0. The Bertz CT molecular complexity index is 1220. The fourth-order valence-electron chi connectivity index (χ4n) is 6.52. The normalized spacial score (nSPS) is 28.3. The number of aliphatic hydroxyl groups is 1. The van der Waals surface area contributed by atoms with Gasteiger partial charge in [-0.15, -0.1) is 0 Å². The van der Waals surface area contributed by atoms with Crippen molar-refractivity contribution in [3.8, 4) is 0 Å². The molecule has 5 rings (SSSR count). The maximum absolute atomic E-state index is 13.8. The smallest absolute Gasteiger partial charge is 0.392 e. The number of carbonyl (C=O) groups is 1. The number of piperidine rings is 1. The van der Waals surface area contributed by atoms with Crippen LogP contribution >= 0.6 is 0 Å². The molecule has 2 aromatic rings. The Morgan fingerprint density at radius 3 is 2.20 bits per heavy atom. The van der Waals surface area contributed by atoms with Gasteiger partial charge in [0.15, 0.2) is 0 Å². The molecule has 6 atom stereocenters. The van der Waals surface area contributed by atoms with Crippen LogP contribution in [-0.4, -0.2) is 65.2 Å². The molecule has 0 saturated carbocycles. The van der Waals surface area contributed by atoms with Gasteiger partial charge in [0.25, 0.3) is 0 Å². The molecule has 0 radical (unpaired) electrons. The Morgan fingerprint density at radius 2 is 1.63 bits per heavy atom. The van der Waals surface area contributed by atoms with Crippen molar-refractivity contribution in [1.29, 1.82) is 0 Å². The Labute approximate surface area is 232 Å². The molecular weight excluding hydrogens is 557 g/mol. The van der Waals surface area contributed by atoms with E-state index in [2.05, 4.69) is 4.90 Å². The van der Waals surface area contributed by atoms with Crippen LogP contribution in [0.1, 0.15) is 60.5 Å². The molecule has 3 fully saturated rings. The van der Waals surface area contributed by atoms with Crippen molar-refractivity contribution in [3.63, 3.8) is 0 Å². The summed E-state index contributed by atoms with van der Waals surface area (Å²) in [5.41, 5.74) is -2.48. The fraction of sp³-hybridized carbons (Fsp3) is 0.552. The lowest BCUT2D eigenvalue weighted by atomic mass is 9.81. The number of nitrogens with zero attached hydrogens (tertiary/aromatic N) is 2. The summed E-state index contributed by atoms with van der Waals surface area (Å²) in [7, 11) is 0. The lowest BCUT2D eigenvalue weighted by Crippen LogP contribution is -2.46. The van der Waals surface area contributed by atoms with Gasteiger partial charge in [0.05, 0.1) is 29.4 Å². The van der Waals surface area contributed by atoms with Crippen LogP contribution in [-0.2, 0) is 21.9 Å². The summed E-state index contributed by atoms with van der Waals surface area (Å²) >= 11 is 0. The van der Waals surface area contributed by atoms with Crippen LogP contribution in [0.5, 0.6) is 0 Å². The molecule has 2 aromatic carbocycles. The second-order valence-electron chi connectivity index (χ2n) is 11.4. The van der Waals surface area contributed by atoms with E-state index in [1.54, 1.807) is 17.0 Å². The molecule has 3 aliphatic rings. The van der Waals surface area contributed by atoms with Gasteiger partial charge in [-0.25, -0.2) is 4.39 Å². The zero-order chi connectivity index (χ0) is 29.7. The van der Waals surface area contributed by atoms with Crippen molar-refractivity contribution < 1.29 is 45.4 Å². The van der Waals surface area contributed by atoms with E-state index in [4.69, 9.17) is 4.74 Å². The molecule has 1 unspecified atom stereocenters. The van der Waals surface area contributed by atoms with Crippen LogP contribution in [0.25, 0.3) is 0 Å². The minimum absolute atomic E-state index is 0.00835. The van der Waals surface area contributed by atoms with Gasteiger partial charge >= 0.3 is 12.4 Å². The lowest BCUT2D eigenvalue weighted by molar-refractivity contribution is -0.143. The van der Waals surface area contributed by atoms with Gasteiger partial charge in [0.1, 0.15) is 5.82 Å². The highest BCUT2D eigenvalue weighted by molar-refractivity contribution is 5.78. The number of rotatable bonds is 6. The second-order valence-corrected chi connectivity index (χ2v) is 11.4. The van der Waals surface area contributed by atoms with Crippen molar-refractivity contribution in [2.24, 2.45) is 5.92 Å². The first-order chi connectivity index (χ1) is 19.2. The minimum atomic E-state index is -4.99. The van der Waals surface area contributed by atoms with Crippen LogP contribution < -0.4 is 0 Å². The Hall–Kier alpha value is -2.70. The van der Waals surface area contributed by atoms with Gasteiger partial charge in [0.2, 0.25) is 5.91 Å². The maximum Gasteiger partial charge on any atom is 0.416 e. The molecule has 1 amide bonds. The molecule has 41 heavy (non-hydrogen) atoms. The summed E-state index contributed by atoms with van der Waals surface area (Å²) < 4.78 is 101. The Balaban J connectivity index is 1.43. The van der Waals surface area contributed by atoms with Crippen LogP contribution in [0.4, 0.5) is 30.7 Å². The van der Waals surface area contributed by atoms with Gasteiger partial charge in [-0.3, -0.25) is 4.79 Å². The molecule has 3 saturated heterocycles. The van der Waals surface area contributed by atoms with E-state index < -0.39 is 53.5 Å². The monoisotopic (exact) mass is 588 g/mol. The third kappa shape index (κ3) is 6.54. The molecule has 5 nitrogen and oxygen atoms in total. The van der Waals surface area contributed by atoms with Gasteiger partial charge in [-0.2, -0.15) is 26.3 Å². The minimum Gasteiger partial charge on any atom is -0.392 e. The number of amides is 1. The van der Waals surface area contributed by atoms with E-state index in [9.17, 15) is 40.6 Å². The molecule has 0 aliphatic carbocycles. The second kappa shape index (κ2) is 11.2. The van der Waals surface area contributed by atoms with Crippen molar-refractivity contribution in [3.05, 3.63) is 70.5 Å². The number of carbonyl (C=O) groups excluding carboxylic acids is 1. The molecule has 1 N–H and O–H groups in total. The fourth-order valence-corrected chi connectivity index (χ4v) is 6.52. The highest BCUT2D eigenvalue weighted by Gasteiger charge is 2.49. The lowest BCUT2D eigenvalue weighted by Gasteiger charge is -2.38. The third-order valence-corrected chi connectivity index (χ3v) is 8.43. The molecule has 0 aromatic heterocycles. The van der Waals surface area contributed by atoms with E-state index in [-0.39, 0.29) is 42.5 Å². The van der Waals surface area contributed by atoms with Crippen molar-refractivity contribution in [2.75, 3.05) is 26.2 Å². The van der Waals surface area contributed by atoms with E-state index in [0.29, 0.717) is 43.6 Å². The zero-order valence-corrected chi connectivity index (χ0v) is 22.3. The van der Waals surface area contributed by atoms with Gasteiger partial charge in [-0.1, -0.05) is 12.1 Å². The van der Waals surface area contributed by atoms with E-state index in [1.165, 1.54) is 19.1 Å². The molecular formula is C29H31F7N2O3. The summed E-state index contributed by atoms with van der Waals surface area (Å²) in [6, 6.07) is 6.72. The standard InChI is InChI=1S/C29H31F7N2O3/c1-16(19-10-20(28(31,32)33)12-21(11-19)29(34,35)36)41-25-15-38-24(27(25)18-2-4-22(30)5-3-18)8-17(9-26(38)40)13-37-7-6-23(39)14-37/h2-5,10-12,16-17,23-25,27,39H,6-9,13-15H2,1H3/t16-,17?,23-,24+,25+,27+/m1/s1. The average molecular weight is 589 g/mol. The quantitative estimate of drug-likeness (QED) is 0.435. The molecule has 0 spiro atoms. The topological polar surface area (TPSA) is 53.0 Å². The van der Waals surface area contributed by atoms with Gasteiger partial charge in [-0.05, 0) is 67.1 Å². The predicted octanol–water partition coefficient (Wildman–Crippen LogP) is 5.78. The number of alkyl halides is 6. The number of likely N-dealkylation sites (tertiary alicyclic amines) is 1. The summed E-state index contributed by atoms with van der Waals surface area (Å²) in [6.45, 7) is 3.37. The first-order valence-corrected chi connectivity index (χ1v) is 13.6. The summed E-state index contributed by atoms with van der Waals surface area (Å²) in [5.74, 6) is -1.06. The van der Waals surface area contributed by atoms with E-state index in [1.807, 2.05) is 0 Å². The van der Waals surface area contributed by atoms with Gasteiger partial charge < -0.3 is 19.6 Å². The number of hydrogen-bond acceptors (Lipinski definition) is 4. The number of fused-ring (bicyclic) bond motifs is 1. The largest absolute Gasteiger partial charge is 0.416 e. The van der Waals surface area contributed by atoms with Crippen molar-refractivity contribution >= 4 is 5.91 Å². The van der Waals surface area contributed by atoms with Crippen LogP contribution in [0.15, 0.2) is 42.5 Å². The average Bonchev–Trinajstić information content (AvgIpc) is 3.46. The number of hydrogen-bond donors (Lipinski definition) is 1. The van der Waals surface area contributed by atoms with Gasteiger partial charge in [0, 0.05) is 44.6 Å².